The second kappa shape index (κ2) is 6.26. The minimum absolute atomic E-state index is 0.347. The van der Waals surface area contributed by atoms with Crippen molar-refractivity contribution >= 4 is 37.8 Å². The number of aliphatic carboxylic acids is 1. The molecule has 17 heavy (non-hydrogen) atoms. The highest BCUT2D eigenvalue weighted by Gasteiger charge is 2.25. The molecule has 6 heteroatoms. The van der Waals surface area contributed by atoms with Gasteiger partial charge in [-0.25, -0.2) is 0 Å². The van der Waals surface area contributed by atoms with Crippen molar-refractivity contribution in [2.24, 2.45) is 0 Å². The smallest absolute Gasteiger partial charge is 0.318 e. The van der Waals surface area contributed by atoms with Gasteiger partial charge in [0.25, 0.3) is 0 Å². The van der Waals surface area contributed by atoms with Crippen LogP contribution in [-0.4, -0.2) is 30.1 Å². The van der Waals surface area contributed by atoms with Crippen LogP contribution in [0.25, 0.3) is 0 Å². The molecule has 0 fully saturated rings. The summed E-state index contributed by atoms with van der Waals surface area (Å²) in [5, 5.41) is 8.91. The van der Waals surface area contributed by atoms with Gasteiger partial charge < -0.3 is 14.6 Å². The highest BCUT2D eigenvalue weighted by molar-refractivity contribution is 9.12. The van der Waals surface area contributed by atoms with Gasteiger partial charge in [-0.3, -0.25) is 4.79 Å². The van der Waals surface area contributed by atoms with Gasteiger partial charge in [0.2, 0.25) is 0 Å². The molecule has 2 atom stereocenters. The molecule has 1 N–H and O–H groups in total. The summed E-state index contributed by atoms with van der Waals surface area (Å²) in [5.41, 5.74) is 0.798. The normalized spacial score (nSPS) is 13.9. The van der Waals surface area contributed by atoms with Gasteiger partial charge in [-0.15, -0.1) is 0 Å². The van der Waals surface area contributed by atoms with E-state index in [1.807, 2.05) is 0 Å². The van der Waals surface area contributed by atoms with E-state index in [-0.39, 0.29) is 4.83 Å². The SMILES string of the molecule is COc1ccc(C(Br)C(Br)C(=O)O)cc1OC. The van der Waals surface area contributed by atoms with E-state index in [2.05, 4.69) is 31.9 Å². The fourth-order valence-corrected chi connectivity index (χ4v) is 2.13. The number of carboxylic acids is 1. The first-order chi connectivity index (χ1) is 8.01. The summed E-state index contributed by atoms with van der Waals surface area (Å²) >= 11 is 6.45. The number of benzene rings is 1. The average molecular weight is 368 g/mol. The molecule has 1 rings (SSSR count). The van der Waals surface area contributed by atoms with E-state index in [9.17, 15) is 4.79 Å². The number of carbonyl (C=O) groups is 1. The van der Waals surface area contributed by atoms with Crippen molar-refractivity contribution in [1.29, 1.82) is 0 Å². The van der Waals surface area contributed by atoms with E-state index in [4.69, 9.17) is 14.6 Å². The van der Waals surface area contributed by atoms with Crippen LogP contribution in [0.1, 0.15) is 10.4 Å². The fourth-order valence-electron chi connectivity index (χ4n) is 1.32. The number of ether oxygens (including phenoxy) is 2. The molecule has 4 nitrogen and oxygen atoms in total. The first kappa shape index (κ1) is 14.3. The molecule has 0 radical (unpaired) electrons. The lowest BCUT2D eigenvalue weighted by Gasteiger charge is -2.15. The van der Waals surface area contributed by atoms with Crippen molar-refractivity contribution < 1.29 is 19.4 Å². The first-order valence-electron chi connectivity index (χ1n) is 4.74. The molecule has 0 saturated carbocycles. The van der Waals surface area contributed by atoms with Gasteiger partial charge >= 0.3 is 5.97 Å². The molecule has 0 aromatic heterocycles. The highest BCUT2D eigenvalue weighted by atomic mass is 79.9. The van der Waals surface area contributed by atoms with Crippen molar-refractivity contribution in [3.8, 4) is 11.5 Å². The van der Waals surface area contributed by atoms with Crippen molar-refractivity contribution in [3.63, 3.8) is 0 Å². The molecule has 94 valence electrons. The molecular weight excluding hydrogens is 356 g/mol. The fraction of sp³-hybridized carbons (Fsp3) is 0.364. The summed E-state index contributed by atoms with van der Waals surface area (Å²) in [7, 11) is 3.08. The Labute approximate surface area is 116 Å². The number of alkyl halides is 2. The molecule has 0 aliphatic heterocycles. The Bertz CT molecular complexity index is 408. The van der Waals surface area contributed by atoms with Crippen LogP contribution in [0.2, 0.25) is 0 Å². The summed E-state index contributed by atoms with van der Waals surface area (Å²) in [4.78, 5) is 9.80. The van der Waals surface area contributed by atoms with Gasteiger partial charge in [0.15, 0.2) is 11.5 Å². The summed E-state index contributed by atoms with van der Waals surface area (Å²) in [6.45, 7) is 0. The zero-order valence-corrected chi connectivity index (χ0v) is 12.5. The molecule has 0 bridgehead atoms. The third-order valence-corrected chi connectivity index (χ3v) is 4.91. The van der Waals surface area contributed by atoms with Crippen LogP contribution in [0.15, 0.2) is 18.2 Å². The standard InChI is InChI=1S/C11H12Br2O4/c1-16-7-4-3-6(5-8(7)17-2)9(12)10(13)11(14)15/h3-5,9-10H,1-2H3,(H,14,15). The van der Waals surface area contributed by atoms with Crippen LogP contribution in [0.4, 0.5) is 0 Å². The van der Waals surface area contributed by atoms with Crippen LogP contribution in [0, 0.1) is 0 Å². The molecule has 0 saturated heterocycles. The topological polar surface area (TPSA) is 55.8 Å². The second-order valence-electron chi connectivity index (χ2n) is 3.26. The molecule has 2 unspecified atom stereocenters. The Morgan fingerprint density at radius 3 is 2.29 bits per heavy atom. The van der Waals surface area contributed by atoms with Crippen molar-refractivity contribution in [2.45, 2.75) is 9.65 Å². The van der Waals surface area contributed by atoms with Crippen LogP contribution in [0.3, 0.4) is 0 Å². The molecule has 0 amide bonds. The molecule has 0 spiro atoms. The molecule has 0 aliphatic rings. The van der Waals surface area contributed by atoms with Gasteiger partial charge in [0.05, 0.1) is 19.0 Å². The third kappa shape index (κ3) is 3.35. The van der Waals surface area contributed by atoms with Gasteiger partial charge in [-0.05, 0) is 17.7 Å². The predicted molar refractivity (Wildman–Crippen MR) is 71.6 cm³/mol. The van der Waals surface area contributed by atoms with Gasteiger partial charge in [-0.2, -0.15) is 0 Å². The summed E-state index contributed by atoms with van der Waals surface area (Å²) < 4.78 is 10.3. The number of halogens is 2. The second-order valence-corrected chi connectivity index (χ2v) is 5.23. The molecular formula is C11H12Br2O4. The lowest BCUT2D eigenvalue weighted by Crippen LogP contribution is -2.17. The predicted octanol–water partition coefficient (Wildman–Crippen LogP) is 2.99. The average Bonchev–Trinajstić information content (AvgIpc) is 2.35. The van der Waals surface area contributed by atoms with E-state index in [0.717, 1.165) is 5.56 Å². The number of carboxylic acid groups (broad SMARTS) is 1. The van der Waals surface area contributed by atoms with E-state index in [1.165, 1.54) is 7.11 Å². The maximum Gasteiger partial charge on any atom is 0.318 e. The van der Waals surface area contributed by atoms with Crippen molar-refractivity contribution in [3.05, 3.63) is 23.8 Å². The maximum atomic E-state index is 10.9. The van der Waals surface area contributed by atoms with Gasteiger partial charge in [-0.1, -0.05) is 37.9 Å². The van der Waals surface area contributed by atoms with Gasteiger partial charge in [0.1, 0.15) is 4.83 Å². The highest BCUT2D eigenvalue weighted by Crippen LogP contribution is 2.36. The summed E-state index contributed by atoms with van der Waals surface area (Å²) in [6, 6.07) is 5.28. The molecule has 0 heterocycles. The lowest BCUT2D eigenvalue weighted by atomic mass is 10.1. The zero-order chi connectivity index (χ0) is 13.0. The molecule has 0 aliphatic carbocycles. The zero-order valence-electron chi connectivity index (χ0n) is 9.31. The quantitative estimate of drug-likeness (QED) is 0.813. The number of rotatable bonds is 5. The minimum atomic E-state index is -0.929. The Balaban J connectivity index is 3.03. The third-order valence-electron chi connectivity index (χ3n) is 2.22. The summed E-state index contributed by atoms with van der Waals surface area (Å²) in [5.74, 6) is 0.249. The number of methoxy groups -OCH3 is 2. The van der Waals surface area contributed by atoms with Gasteiger partial charge in [0, 0.05) is 0 Å². The van der Waals surface area contributed by atoms with Crippen LogP contribution in [0.5, 0.6) is 11.5 Å². The Hall–Kier alpha value is -0.750. The monoisotopic (exact) mass is 366 g/mol. The maximum absolute atomic E-state index is 10.9. The summed E-state index contributed by atoms with van der Waals surface area (Å²) in [6.07, 6.45) is 0. The van der Waals surface area contributed by atoms with Crippen molar-refractivity contribution in [2.75, 3.05) is 14.2 Å². The minimum Gasteiger partial charge on any atom is -0.493 e. The Morgan fingerprint density at radius 1 is 1.24 bits per heavy atom. The van der Waals surface area contributed by atoms with Crippen molar-refractivity contribution in [1.82, 2.24) is 0 Å². The molecule has 1 aromatic rings. The Kier molecular flexibility index (Phi) is 5.27. The van der Waals surface area contributed by atoms with E-state index in [0.29, 0.717) is 11.5 Å². The van der Waals surface area contributed by atoms with E-state index < -0.39 is 10.8 Å². The van der Waals surface area contributed by atoms with E-state index in [1.54, 1.807) is 25.3 Å². The number of hydrogen-bond acceptors (Lipinski definition) is 3. The largest absolute Gasteiger partial charge is 0.493 e. The van der Waals surface area contributed by atoms with Crippen LogP contribution in [-0.2, 0) is 4.79 Å². The Morgan fingerprint density at radius 2 is 1.82 bits per heavy atom. The van der Waals surface area contributed by atoms with Crippen LogP contribution < -0.4 is 9.47 Å². The van der Waals surface area contributed by atoms with Crippen LogP contribution >= 0.6 is 31.9 Å². The van der Waals surface area contributed by atoms with E-state index >= 15 is 0 Å². The number of hydrogen-bond donors (Lipinski definition) is 1. The lowest BCUT2D eigenvalue weighted by molar-refractivity contribution is -0.136. The first-order valence-corrected chi connectivity index (χ1v) is 6.57. The molecule has 1 aromatic carbocycles.